The Labute approximate surface area is 144 Å². The fourth-order valence-electron chi connectivity index (χ4n) is 2.61. The summed E-state index contributed by atoms with van der Waals surface area (Å²) in [6.45, 7) is 0. The zero-order valence-corrected chi connectivity index (χ0v) is 13.8. The number of nitrogens with zero attached hydrogens (tertiary/aromatic N) is 4. The number of hydrogen-bond acceptors (Lipinski definition) is 5. The average Bonchev–Trinajstić information content (AvgIpc) is 3.06. The van der Waals surface area contributed by atoms with Gasteiger partial charge in [-0.2, -0.15) is 0 Å². The maximum absolute atomic E-state index is 11.3. The molecule has 118 valence electrons. The average molecular weight is 384 g/mol. The Morgan fingerprint density at radius 3 is 2.79 bits per heavy atom. The number of non-ortho nitro benzene ring substituents is 1. The first-order valence-corrected chi connectivity index (χ1v) is 7.85. The van der Waals surface area contributed by atoms with Crippen molar-refractivity contribution in [1.82, 2.24) is 14.4 Å². The summed E-state index contributed by atoms with van der Waals surface area (Å²) in [6.07, 6.45) is 3.18. The zero-order valence-electron chi connectivity index (χ0n) is 12.2. The van der Waals surface area contributed by atoms with E-state index in [9.17, 15) is 10.1 Å². The molecule has 0 saturated heterocycles. The van der Waals surface area contributed by atoms with Gasteiger partial charge in [0.2, 0.25) is 0 Å². The normalized spacial score (nSPS) is 11.0. The molecule has 0 bridgehead atoms. The number of halogens is 1. The number of para-hydroxylation sites is 2. The van der Waals surface area contributed by atoms with E-state index in [-0.39, 0.29) is 5.69 Å². The third kappa shape index (κ3) is 2.28. The van der Waals surface area contributed by atoms with Crippen molar-refractivity contribution >= 4 is 49.7 Å². The van der Waals surface area contributed by atoms with E-state index in [1.165, 1.54) is 6.07 Å². The van der Waals surface area contributed by atoms with E-state index in [2.05, 4.69) is 31.2 Å². The number of fused-ring (bicyclic) bond motifs is 3. The lowest BCUT2D eigenvalue weighted by Gasteiger charge is -2.11. The summed E-state index contributed by atoms with van der Waals surface area (Å²) < 4.78 is 2.57. The van der Waals surface area contributed by atoms with Crippen LogP contribution in [0.5, 0.6) is 0 Å². The summed E-state index contributed by atoms with van der Waals surface area (Å²) in [7, 11) is 0. The Kier molecular flexibility index (Phi) is 3.39. The lowest BCUT2D eigenvalue weighted by Crippen LogP contribution is -2.01. The third-order valence-electron chi connectivity index (χ3n) is 3.67. The standard InChI is InChI=1S/C16H10BrN5O2/c17-10-4-1-2-5-11(10)19-16-14-8-18-9-21(14)15-12(20-16)6-3-7-13(15)22(23)24/h1-9H,(H,19,20). The molecule has 0 radical (unpaired) electrons. The lowest BCUT2D eigenvalue weighted by molar-refractivity contribution is -0.383. The van der Waals surface area contributed by atoms with Gasteiger partial charge in [0, 0.05) is 10.5 Å². The van der Waals surface area contributed by atoms with Crippen molar-refractivity contribution in [1.29, 1.82) is 0 Å². The van der Waals surface area contributed by atoms with Crippen molar-refractivity contribution in [3.05, 3.63) is 69.6 Å². The van der Waals surface area contributed by atoms with E-state index < -0.39 is 4.92 Å². The molecule has 0 fully saturated rings. The second kappa shape index (κ2) is 5.57. The third-order valence-corrected chi connectivity index (χ3v) is 4.36. The number of nitro groups is 1. The SMILES string of the molecule is O=[N+]([O-])c1cccc2nc(Nc3ccccc3Br)c3cncn3c12. The molecule has 0 aliphatic heterocycles. The van der Waals surface area contributed by atoms with Crippen LogP contribution in [-0.4, -0.2) is 19.3 Å². The highest BCUT2D eigenvalue weighted by atomic mass is 79.9. The van der Waals surface area contributed by atoms with Gasteiger partial charge in [0.05, 0.1) is 22.3 Å². The van der Waals surface area contributed by atoms with Crippen LogP contribution in [0.2, 0.25) is 0 Å². The van der Waals surface area contributed by atoms with E-state index in [4.69, 9.17) is 0 Å². The number of imidazole rings is 1. The Morgan fingerprint density at radius 2 is 2.00 bits per heavy atom. The molecule has 0 saturated carbocycles. The van der Waals surface area contributed by atoms with Crippen LogP contribution in [0.15, 0.2) is 59.5 Å². The maximum Gasteiger partial charge on any atom is 0.295 e. The molecule has 2 aromatic carbocycles. The van der Waals surface area contributed by atoms with Crippen molar-refractivity contribution in [2.75, 3.05) is 5.32 Å². The number of benzene rings is 2. The van der Waals surface area contributed by atoms with E-state index >= 15 is 0 Å². The second-order valence-electron chi connectivity index (χ2n) is 5.12. The van der Waals surface area contributed by atoms with Gasteiger partial charge in [-0.15, -0.1) is 0 Å². The molecule has 4 aromatic rings. The monoisotopic (exact) mass is 383 g/mol. The van der Waals surface area contributed by atoms with Crippen LogP contribution >= 0.6 is 15.9 Å². The first kappa shape index (κ1) is 14.6. The summed E-state index contributed by atoms with van der Waals surface area (Å²) in [6, 6.07) is 12.5. The molecule has 2 heterocycles. The van der Waals surface area contributed by atoms with Crippen LogP contribution < -0.4 is 5.32 Å². The minimum atomic E-state index is -0.412. The minimum Gasteiger partial charge on any atom is -0.337 e. The quantitative estimate of drug-likeness (QED) is 0.421. The van der Waals surface area contributed by atoms with Crippen LogP contribution in [0.4, 0.5) is 17.2 Å². The lowest BCUT2D eigenvalue weighted by atomic mass is 10.2. The largest absolute Gasteiger partial charge is 0.337 e. The Balaban J connectivity index is 1.99. The fraction of sp³-hybridized carbons (Fsp3) is 0. The Morgan fingerprint density at radius 1 is 1.17 bits per heavy atom. The molecule has 0 atom stereocenters. The van der Waals surface area contributed by atoms with Crippen LogP contribution in [0.3, 0.4) is 0 Å². The molecular formula is C16H10BrN5O2. The second-order valence-corrected chi connectivity index (χ2v) is 5.97. The van der Waals surface area contributed by atoms with Gasteiger partial charge in [0.1, 0.15) is 11.8 Å². The van der Waals surface area contributed by atoms with E-state index in [1.54, 1.807) is 29.1 Å². The van der Waals surface area contributed by atoms with Gasteiger partial charge >= 0.3 is 0 Å². The van der Waals surface area contributed by atoms with Gasteiger partial charge < -0.3 is 5.32 Å². The number of anilines is 2. The molecule has 1 N–H and O–H groups in total. The van der Waals surface area contributed by atoms with E-state index in [0.29, 0.717) is 22.4 Å². The molecule has 24 heavy (non-hydrogen) atoms. The van der Waals surface area contributed by atoms with Gasteiger partial charge in [-0.05, 0) is 34.1 Å². The number of aromatic nitrogens is 3. The molecule has 0 amide bonds. The highest BCUT2D eigenvalue weighted by molar-refractivity contribution is 9.10. The van der Waals surface area contributed by atoms with Crippen molar-refractivity contribution in [2.45, 2.75) is 0 Å². The molecular weight excluding hydrogens is 374 g/mol. The summed E-state index contributed by atoms with van der Waals surface area (Å²) >= 11 is 3.49. The summed E-state index contributed by atoms with van der Waals surface area (Å²) in [5.74, 6) is 0.576. The highest BCUT2D eigenvalue weighted by Crippen LogP contribution is 2.31. The van der Waals surface area contributed by atoms with E-state index in [0.717, 1.165) is 10.2 Å². The summed E-state index contributed by atoms with van der Waals surface area (Å²) in [5.41, 5.74) is 2.44. The predicted octanol–water partition coefficient (Wildman–Crippen LogP) is 4.30. The van der Waals surface area contributed by atoms with Gasteiger partial charge in [0.15, 0.2) is 11.3 Å². The zero-order chi connectivity index (χ0) is 16.7. The number of nitro benzene ring substituents is 1. The number of hydrogen-bond donors (Lipinski definition) is 1. The smallest absolute Gasteiger partial charge is 0.295 e. The van der Waals surface area contributed by atoms with Gasteiger partial charge in [-0.3, -0.25) is 14.5 Å². The van der Waals surface area contributed by atoms with Gasteiger partial charge in [-0.25, -0.2) is 9.97 Å². The van der Waals surface area contributed by atoms with Crippen molar-refractivity contribution < 1.29 is 4.92 Å². The van der Waals surface area contributed by atoms with Crippen LogP contribution in [-0.2, 0) is 0 Å². The molecule has 8 heteroatoms. The molecule has 0 aliphatic rings. The van der Waals surface area contributed by atoms with Crippen LogP contribution in [0, 0.1) is 10.1 Å². The number of rotatable bonds is 3. The molecule has 2 aromatic heterocycles. The molecule has 0 aliphatic carbocycles. The summed E-state index contributed by atoms with van der Waals surface area (Å²) in [5, 5.41) is 14.6. The van der Waals surface area contributed by atoms with Crippen molar-refractivity contribution in [3.63, 3.8) is 0 Å². The predicted molar refractivity (Wildman–Crippen MR) is 94.6 cm³/mol. The highest BCUT2D eigenvalue weighted by Gasteiger charge is 2.18. The Bertz CT molecular complexity index is 1090. The molecule has 0 unspecified atom stereocenters. The molecule has 7 nitrogen and oxygen atoms in total. The van der Waals surface area contributed by atoms with Crippen LogP contribution in [0.25, 0.3) is 16.6 Å². The minimum absolute atomic E-state index is 0.00422. The number of nitrogens with one attached hydrogen (secondary N) is 1. The van der Waals surface area contributed by atoms with Gasteiger partial charge in [-0.1, -0.05) is 18.2 Å². The first-order valence-electron chi connectivity index (χ1n) is 7.06. The molecule has 4 rings (SSSR count). The van der Waals surface area contributed by atoms with Gasteiger partial charge in [0.25, 0.3) is 5.69 Å². The van der Waals surface area contributed by atoms with Crippen molar-refractivity contribution in [3.8, 4) is 0 Å². The maximum atomic E-state index is 11.3. The molecule has 0 spiro atoms. The summed E-state index contributed by atoms with van der Waals surface area (Å²) in [4.78, 5) is 19.6. The van der Waals surface area contributed by atoms with Crippen LogP contribution in [0.1, 0.15) is 0 Å². The fourth-order valence-corrected chi connectivity index (χ4v) is 3.00. The first-order chi connectivity index (χ1) is 11.6. The van der Waals surface area contributed by atoms with E-state index in [1.807, 2.05) is 24.3 Å². The van der Waals surface area contributed by atoms with Crippen molar-refractivity contribution in [2.24, 2.45) is 0 Å². The Hall–Kier alpha value is -3.00. The topological polar surface area (TPSA) is 85.4 Å².